The summed E-state index contributed by atoms with van der Waals surface area (Å²) in [7, 11) is 1.38. The van der Waals surface area contributed by atoms with Crippen molar-refractivity contribution in [3.63, 3.8) is 0 Å². The molecule has 0 saturated heterocycles. The van der Waals surface area contributed by atoms with Crippen LogP contribution in [0.25, 0.3) is 11.1 Å². The van der Waals surface area contributed by atoms with E-state index in [0.717, 1.165) is 0 Å². The molecular formula is C22H24NO4-. The van der Waals surface area contributed by atoms with Gasteiger partial charge in [0.25, 0.3) is 0 Å². The fourth-order valence-corrected chi connectivity index (χ4v) is 2.91. The molecule has 142 valence electrons. The van der Waals surface area contributed by atoms with Crippen molar-refractivity contribution >= 4 is 12.1 Å². The van der Waals surface area contributed by atoms with Crippen molar-refractivity contribution in [3.8, 4) is 11.1 Å². The van der Waals surface area contributed by atoms with Crippen molar-refractivity contribution in [2.75, 3.05) is 20.3 Å². The molecule has 0 aromatic heterocycles. The fraction of sp³-hybridized carbons (Fsp3) is 0.273. The third kappa shape index (κ3) is 5.20. The Bertz CT molecular complexity index is 768. The van der Waals surface area contributed by atoms with Crippen LogP contribution in [-0.2, 0) is 14.3 Å². The SMILES string of the molecule is C=CCOC([O-])=NC.CCC(=O)OCC1c2ccccc2-c2ccccc21. The summed E-state index contributed by atoms with van der Waals surface area (Å²) in [6.45, 7) is 5.83. The Kier molecular flexibility index (Phi) is 7.62. The second-order valence-electron chi connectivity index (χ2n) is 5.85. The van der Waals surface area contributed by atoms with Gasteiger partial charge in [0.15, 0.2) is 0 Å². The first-order chi connectivity index (χ1) is 13.1. The molecule has 0 bridgehead atoms. The van der Waals surface area contributed by atoms with E-state index in [9.17, 15) is 9.90 Å². The van der Waals surface area contributed by atoms with Crippen LogP contribution in [0.2, 0.25) is 0 Å². The maximum atomic E-state index is 11.4. The molecule has 0 saturated carbocycles. The Morgan fingerprint density at radius 2 is 1.67 bits per heavy atom. The van der Waals surface area contributed by atoms with Gasteiger partial charge >= 0.3 is 5.97 Å². The van der Waals surface area contributed by atoms with Crippen LogP contribution in [0.1, 0.15) is 30.4 Å². The van der Waals surface area contributed by atoms with E-state index in [1.807, 2.05) is 19.1 Å². The molecule has 2 aromatic rings. The maximum absolute atomic E-state index is 11.4. The van der Waals surface area contributed by atoms with Gasteiger partial charge in [-0.25, -0.2) is 0 Å². The van der Waals surface area contributed by atoms with Gasteiger partial charge in [0.05, 0.1) is 0 Å². The lowest BCUT2D eigenvalue weighted by Gasteiger charge is -2.13. The number of hydrogen-bond donors (Lipinski definition) is 0. The first kappa shape index (κ1) is 20.2. The molecule has 3 rings (SSSR count). The lowest BCUT2D eigenvalue weighted by Crippen LogP contribution is -2.20. The molecule has 27 heavy (non-hydrogen) atoms. The maximum Gasteiger partial charge on any atom is 0.305 e. The Balaban J connectivity index is 0.000000279. The average molecular weight is 366 g/mol. The van der Waals surface area contributed by atoms with Gasteiger partial charge in [0.2, 0.25) is 0 Å². The van der Waals surface area contributed by atoms with Crippen molar-refractivity contribution < 1.29 is 19.4 Å². The normalized spacial score (nSPS) is 12.3. The van der Waals surface area contributed by atoms with E-state index in [1.54, 1.807) is 0 Å². The largest absolute Gasteiger partial charge is 0.596 e. The molecular weight excluding hydrogens is 342 g/mol. The first-order valence-electron chi connectivity index (χ1n) is 8.83. The van der Waals surface area contributed by atoms with E-state index in [0.29, 0.717) is 13.0 Å². The number of rotatable bonds is 5. The number of esters is 1. The van der Waals surface area contributed by atoms with Crippen LogP contribution in [0, 0.1) is 0 Å². The molecule has 0 fully saturated rings. The van der Waals surface area contributed by atoms with E-state index in [4.69, 9.17) is 4.74 Å². The highest BCUT2D eigenvalue weighted by Crippen LogP contribution is 2.44. The number of carbonyl (C=O) groups is 1. The van der Waals surface area contributed by atoms with Gasteiger partial charge in [0, 0.05) is 26.0 Å². The third-order valence-corrected chi connectivity index (χ3v) is 4.17. The second-order valence-corrected chi connectivity index (χ2v) is 5.85. The molecule has 1 aliphatic rings. The molecule has 1 aliphatic carbocycles. The van der Waals surface area contributed by atoms with E-state index in [2.05, 4.69) is 52.7 Å². The number of ether oxygens (including phenoxy) is 2. The first-order valence-corrected chi connectivity index (χ1v) is 8.83. The zero-order valence-electron chi connectivity index (χ0n) is 15.7. The van der Waals surface area contributed by atoms with Gasteiger partial charge in [-0.1, -0.05) is 61.5 Å². The number of fused-ring (bicyclic) bond motifs is 3. The highest BCUT2D eigenvalue weighted by molar-refractivity contribution is 5.79. The van der Waals surface area contributed by atoms with E-state index in [-0.39, 0.29) is 18.5 Å². The molecule has 0 aliphatic heterocycles. The highest BCUT2D eigenvalue weighted by atomic mass is 16.6. The Labute approximate surface area is 160 Å². The Morgan fingerprint density at radius 3 is 2.15 bits per heavy atom. The number of aliphatic imine (C=N–C) groups is 1. The summed E-state index contributed by atoms with van der Waals surface area (Å²) < 4.78 is 9.77. The topological polar surface area (TPSA) is 71.0 Å². The van der Waals surface area contributed by atoms with Crippen LogP contribution in [0.5, 0.6) is 0 Å². The van der Waals surface area contributed by atoms with E-state index < -0.39 is 6.08 Å². The van der Waals surface area contributed by atoms with E-state index in [1.165, 1.54) is 35.4 Å². The molecule has 0 heterocycles. The zero-order valence-corrected chi connectivity index (χ0v) is 15.7. The molecule has 5 heteroatoms. The molecule has 0 unspecified atom stereocenters. The van der Waals surface area contributed by atoms with Crippen LogP contribution >= 0.6 is 0 Å². The van der Waals surface area contributed by atoms with Crippen LogP contribution in [0.3, 0.4) is 0 Å². The molecule has 2 aromatic carbocycles. The van der Waals surface area contributed by atoms with Crippen LogP contribution in [-0.4, -0.2) is 32.3 Å². The number of carbonyl (C=O) groups excluding carboxylic acids is 1. The molecule has 0 amide bonds. The summed E-state index contributed by atoms with van der Waals surface area (Å²) in [5.74, 6) is 0.0322. The standard InChI is InChI=1S/C17H16O2.C5H9NO2/c1-2-17(18)19-11-16-14-9-5-3-7-12(14)13-8-4-6-10-15(13)16;1-3-4-8-5(7)6-2/h3-10,16H,2,11H2,1H3;3H,1,4H2,2H3,(H,6,7)/p-1. The summed E-state index contributed by atoms with van der Waals surface area (Å²) in [6, 6.07) is 16.7. The summed E-state index contributed by atoms with van der Waals surface area (Å²) >= 11 is 0. The van der Waals surface area contributed by atoms with Crippen molar-refractivity contribution in [3.05, 3.63) is 72.3 Å². The predicted octanol–water partition coefficient (Wildman–Crippen LogP) is 3.29. The summed E-state index contributed by atoms with van der Waals surface area (Å²) in [4.78, 5) is 14.6. The highest BCUT2D eigenvalue weighted by Gasteiger charge is 2.28. The quantitative estimate of drug-likeness (QED) is 0.352. The minimum Gasteiger partial charge on any atom is -0.596 e. The van der Waals surface area contributed by atoms with Crippen LogP contribution < -0.4 is 5.11 Å². The van der Waals surface area contributed by atoms with Crippen molar-refractivity contribution in [2.24, 2.45) is 4.99 Å². The molecule has 5 nitrogen and oxygen atoms in total. The number of benzene rings is 2. The van der Waals surface area contributed by atoms with Crippen molar-refractivity contribution in [2.45, 2.75) is 19.3 Å². The van der Waals surface area contributed by atoms with Gasteiger partial charge in [0.1, 0.15) is 12.7 Å². The van der Waals surface area contributed by atoms with Gasteiger partial charge in [-0.2, -0.15) is 0 Å². The number of hydrogen-bond acceptors (Lipinski definition) is 5. The summed E-state index contributed by atoms with van der Waals surface area (Å²) in [5, 5.41) is 10.1. The van der Waals surface area contributed by atoms with Gasteiger partial charge in [-0.3, -0.25) is 9.79 Å². The molecule has 0 N–H and O–H groups in total. The molecule has 0 spiro atoms. The fourth-order valence-electron chi connectivity index (χ4n) is 2.91. The monoisotopic (exact) mass is 366 g/mol. The van der Waals surface area contributed by atoms with Gasteiger partial charge < -0.3 is 14.6 Å². The average Bonchev–Trinajstić information content (AvgIpc) is 3.04. The zero-order chi connectivity index (χ0) is 19.6. The van der Waals surface area contributed by atoms with Crippen LogP contribution in [0.4, 0.5) is 0 Å². The Morgan fingerprint density at radius 1 is 1.11 bits per heavy atom. The van der Waals surface area contributed by atoms with Gasteiger partial charge in [-0.05, 0) is 22.3 Å². The summed E-state index contributed by atoms with van der Waals surface area (Å²) in [5.41, 5.74) is 5.03. The number of nitrogens with zero attached hydrogens (tertiary/aromatic N) is 1. The second kappa shape index (κ2) is 10.2. The van der Waals surface area contributed by atoms with Crippen molar-refractivity contribution in [1.29, 1.82) is 0 Å². The lowest BCUT2D eigenvalue weighted by molar-refractivity contribution is -0.249. The van der Waals surface area contributed by atoms with Crippen LogP contribution in [0.15, 0.2) is 66.2 Å². The van der Waals surface area contributed by atoms with Gasteiger partial charge in [-0.15, -0.1) is 6.58 Å². The predicted molar refractivity (Wildman–Crippen MR) is 104 cm³/mol. The third-order valence-electron chi connectivity index (χ3n) is 4.17. The smallest absolute Gasteiger partial charge is 0.305 e. The minimum absolute atomic E-state index is 0.137. The summed E-state index contributed by atoms with van der Waals surface area (Å²) in [6.07, 6.45) is 1.36. The molecule has 0 atom stereocenters. The Hall–Kier alpha value is -3.08. The minimum atomic E-state index is -0.551. The lowest BCUT2D eigenvalue weighted by atomic mass is 9.98. The van der Waals surface area contributed by atoms with E-state index >= 15 is 0 Å². The molecule has 0 radical (unpaired) electrons. The van der Waals surface area contributed by atoms with Crippen molar-refractivity contribution in [1.82, 2.24) is 0 Å².